The number of anilines is 2. The molecule has 0 aliphatic heterocycles. The van der Waals surface area contributed by atoms with Crippen molar-refractivity contribution in [3.8, 4) is 0 Å². The van der Waals surface area contributed by atoms with E-state index in [-0.39, 0.29) is 0 Å². The molecule has 4 nitrogen and oxygen atoms in total. The normalized spacial score (nSPS) is 10.7. The Hall–Kier alpha value is -1.24. The first-order valence-electron chi connectivity index (χ1n) is 4.02. The lowest BCUT2D eigenvalue weighted by Gasteiger charge is -2.01. The quantitative estimate of drug-likeness (QED) is 0.384. The van der Waals surface area contributed by atoms with Gasteiger partial charge in [0.1, 0.15) is 0 Å². The fourth-order valence-corrected chi connectivity index (χ4v) is 2.41. The molecule has 0 aliphatic carbocycles. The molecule has 0 unspecified atom stereocenters. The van der Waals surface area contributed by atoms with Crippen molar-refractivity contribution in [3.05, 3.63) is 17.5 Å². The predicted molar refractivity (Wildman–Crippen MR) is 60.5 cm³/mol. The van der Waals surface area contributed by atoms with Crippen LogP contribution in [0, 0.1) is 0 Å². The predicted octanol–water partition coefficient (Wildman–Crippen LogP) is -0.255. The maximum atomic E-state index is 9.06. The first kappa shape index (κ1) is 9.33. The summed E-state index contributed by atoms with van der Waals surface area (Å²) in [5, 5.41) is 20.5. The molecule has 0 fully saturated rings. The third kappa shape index (κ3) is 1.24. The minimum Gasteiger partial charge on any atom is -0.423 e. The largest absolute Gasteiger partial charge is 0.489 e. The number of hydrogen-bond donors (Lipinski definition) is 4. The minimum atomic E-state index is -1.47. The SMILES string of the molecule is Nc1ccc2c(B(O)O)csc2c1N. The molecule has 0 spiro atoms. The Kier molecular flexibility index (Phi) is 2.11. The third-order valence-corrected chi connectivity index (χ3v) is 3.17. The molecule has 6 N–H and O–H groups in total. The second-order valence-corrected chi connectivity index (χ2v) is 3.89. The number of nitrogens with two attached hydrogens (primary N) is 2. The van der Waals surface area contributed by atoms with Crippen LogP contribution in [0.4, 0.5) is 11.4 Å². The minimum absolute atomic E-state index is 0.469. The van der Waals surface area contributed by atoms with E-state index >= 15 is 0 Å². The van der Waals surface area contributed by atoms with Crippen LogP contribution in [0.1, 0.15) is 0 Å². The summed E-state index contributed by atoms with van der Waals surface area (Å²) in [7, 11) is -1.47. The zero-order chi connectivity index (χ0) is 10.3. The van der Waals surface area contributed by atoms with E-state index < -0.39 is 7.12 Å². The van der Waals surface area contributed by atoms with Gasteiger partial charge in [-0.15, -0.1) is 11.3 Å². The Morgan fingerprint density at radius 3 is 2.57 bits per heavy atom. The van der Waals surface area contributed by atoms with Crippen molar-refractivity contribution in [2.24, 2.45) is 0 Å². The van der Waals surface area contributed by atoms with Gasteiger partial charge in [-0.3, -0.25) is 0 Å². The summed E-state index contributed by atoms with van der Waals surface area (Å²) >= 11 is 1.36. The number of thiophene rings is 1. The van der Waals surface area contributed by atoms with Crippen molar-refractivity contribution in [2.45, 2.75) is 0 Å². The molecule has 1 aromatic heterocycles. The highest BCUT2D eigenvalue weighted by molar-refractivity contribution is 7.19. The van der Waals surface area contributed by atoms with Crippen LogP contribution in [0.2, 0.25) is 0 Å². The lowest BCUT2D eigenvalue weighted by atomic mass is 9.80. The molecule has 0 aliphatic rings. The number of benzene rings is 1. The van der Waals surface area contributed by atoms with E-state index in [0.717, 1.165) is 10.1 Å². The second-order valence-electron chi connectivity index (χ2n) is 3.01. The first-order valence-corrected chi connectivity index (χ1v) is 4.90. The molecule has 6 heteroatoms. The molecule has 2 aromatic rings. The summed E-state index contributed by atoms with van der Waals surface area (Å²) in [6, 6.07) is 3.41. The zero-order valence-electron chi connectivity index (χ0n) is 7.27. The fourth-order valence-electron chi connectivity index (χ4n) is 1.35. The van der Waals surface area contributed by atoms with Crippen LogP contribution in [0.3, 0.4) is 0 Å². The van der Waals surface area contributed by atoms with Gasteiger partial charge in [0, 0.05) is 5.46 Å². The van der Waals surface area contributed by atoms with E-state index in [4.69, 9.17) is 21.5 Å². The summed E-state index contributed by atoms with van der Waals surface area (Å²) < 4.78 is 0.799. The van der Waals surface area contributed by atoms with Crippen LogP contribution in [-0.4, -0.2) is 17.2 Å². The van der Waals surface area contributed by atoms with E-state index in [1.54, 1.807) is 17.5 Å². The van der Waals surface area contributed by atoms with Crippen molar-refractivity contribution in [3.63, 3.8) is 0 Å². The molecular weight excluding hydrogens is 199 g/mol. The summed E-state index contributed by atoms with van der Waals surface area (Å²) in [4.78, 5) is 0. The molecule has 72 valence electrons. The van der Waals surface area contributed by atoms with Gasteiger partial charge in [-0.2, -0.15) is 0 Å². The first-order chi connectivity index (χ1) is 6.61. The van der Waals surface area contributed by atoms with Crippen LogP contribution in [-0.2, 0) is 0 Å². The van der Waals surface area contributed by atoms with Crippen LogP contribution in [0.25, 0.3) is 10.1 Å². The maximum absolute atomic E-state index is 9.06. The van der Waals surface area contributed by atoms with Crippen molar-refractivity contribution >= 4 is 45.4 Å². The molecule has 0 amide bonds. The smallest absolute Gasteiger partial charge is 0.423 e. The highest BCUT2D eigenvalue weighted by Gasteiger charge is 2.17. The molecule has 1 aromatic carbocycles. The number of hydrogen-bond acceptors (Lipinski definition) is 5. The van der Waals surface area contributed by atoms with E-state index in [1.807, 2.05) is 0 Å². The Morgan fingerprint density at radius 1 is 1.21 bits per heavy atom. The van der Waals surface area contributed by atoms with Gasteiger partial charge in [-0.05, 0) is 16.8 Å². The third-order valence-electron chi connectivity index (χ3n) is 2.12. The monoisotopic (exact) mass is 208 g/mol. The number of nitrogen functional groups attached to an aromatic ring is 2. The fraction of sp³-hybridized carbons (Fsp3) is 0. The Bertz CT molecular complexity index is 483. The Morgan fingerprint density at radius 2 is 1.93 bits per heavy atom. The number of rotatable bonds is 1. The van der Waals surface area contributed by atoms with Crippen molar-refractivity contribution in [1.82, 2.24) is 0 Å². The molecular formula is C8H9BN2O2S. The number of fused-ring (bicyclic) bond motifs is 1. The van der Waals surface area contributed by atoms with E-state index in [2.05, 4.69) is 0 Å². The Labute approximate surface area is 84.9 Å². The van der Waals surface area contributed by atoms with Gasteiger partial charge in [0.25, 0.3) is 0 Å². The van der Waals surface area contributed by atoms with Crippen LogP contribution >= 0.6 is 11.3 Å². The highest BCUT2D eigenvalue weighted by atomic mass is 32.1. The molecule has 0 radical (unpaired) electrons. The lowest BCUT2D eigenvalue weighted by Crippen LogP contribution is -2.28. The topological polar surface area (TPSA) is 92.5 Å². The lowest BCUT2D eigenvalue weighted by molar-refractivity contribution is 0.426. The highest BCUT2D eigenvalue weighted by Crippen LogP contribution is 2.29. The van der Waals surface area contributed by atoms with Gasteiger partial charge in [-0.25, -0.2) is 0 Å². The van der Waals surface area contributed by atoms with E-state index in [9.17, 15) is 0 Å². The summed E-state index contributed by atoms with van der Waals surface area (Å²) in [5.74, 6) is 0. The zero-order valence-corrected chi connectivity index (χ0v) is 8.08. The molecule has 0 bridgehead atoms. The molecule has 14 heavy (non-hydrogen) atoms. The van der Waals surface area contributed by atoms with Gasteiger partial charge < -0.3 is 21.5 Å². The molecule has 1 heterocycles. The van der Waals surface area contributed by atoms with Gasteiger partial charge >= 0.3 is 7.12 Å². The van der Waals surface area contributed by atoms with Crippen molar-refractivity contribution < 1.29 is 10.0 Å². The van der Waals surface area contributed by atoms with Gasteiger partial charge in [-0.1, -0.05) is 6.07 Å². The molecule has 2 rings (SSSR count). The maximum Gasteiger partial charge on any atom is 0.489 e. The van der Waals surface area contributed by atoms with Gasteiger partial charge in [0.2, 0.25) is 0 Å². The molecule has 0 atom stereocenters. The second kappa shape index (κ2) is 3.16. The standard InChI is InChI=1S/C8H9BN2O2S/c10-6-2-1-4-5(9(12)13)3-14-8(4)7(6)11/h1-3,12-13H,10-11H2. The average molecular weight is 208 g/mol. The van der Waals surface area contributed by atoms with Gasteiger partial charge in [0.05, 0.1) is 16.1 Å². The Balaban J connectivity index is 2.77. The molecule has 0 saturated carbocycles. The van der Waals surface area contributed by atoms with Crippen molar-refractivity contribution in [2.75, 3.05) is 11.5 Å². The summed E-state index contributed by atoms with van der Waals surface area (Å²) in [5.41, 5.74) is 12.9. The summed E-state index contributed by atoms with van der Waals surface area (Å²) in [6.45, 7) is 0. The van der Waals surface area contributed by atoms with Crippen LogP contribution in [0.15, 0.2) is 17.5 Å². The molecule has 0 saturated heterocycles. The van der Waals surface area contributed by atoms with Crippen molar-refractivity contribution in [1.29, 1.82) is 0 Å². The average Bonchev–Trinajstić information content (AvgIpc) is 2.55. The van der Waals surface area contributed by atoms with Crippen LogP contribution < -0.4 is 16.9 Å². The van der Waals surface area contributed by atoms with Crippen LogP contribution in [0.5, 0.6) is 0 Å². The van der Waals surface area contributed by atoms with Gasteiger partial charge in [0.15, 0.2) is 0 Å². The van der Waals surface area contributed by atoms with E-state index in [0.29, 0.717) is 16.8 Å². The summed E-state index contributed by atoms with van der Waals surface area (Å²) in [6.07, 6.45) is 0. The van der Waals surface area contributed by atoms with E-state index in [1.165, 1.54) is 11.3 Å².